The van der Waals surface area contributed by atoms with Crippen molar-refractivity contribution in [1.82, 2.24) is 40.5 Å². The summed E-state index contributed by atoms with van der Waals surface area (Å²) in [4.78, 5) is 22.5. The molecular weight excluding hydrogens is 546 g/mol. The summed E-state index contributed by atoms with van der Waals surface area (Å²) in [6.07, 6.45) is 14.4. The monoisotopic (exact) mass is 599 g/mol. The molecule has 1 aliphatic heterocycles. The molecule has 0 unspecified atom stereocenters. The van der Waals surface area contributed by atoms with Crippen molar-refractivity contribution in [2.45, 2.75) is 109 Å². The van der Waals surface area contributed by atoms with Gasteiger partial charge in [0.1, 0.15) is 17.6 Å². The summed E-state index contributed by atoms with van der Waals surface area (Å²) in [5, 5.41) is 31.7. The molecule has 7 N–H and O–H groups in total. The molecule has 4 rings (SSSR count). The fraction of sp³-hybridized carbons (Fsp3) is 0.767. The summed E-state index contributed by atoms with van der Waals surface area (Å²) in [5.41, 5.74) is 7.37. The van der Waals surface area contributed by atoms with Crippen molar-refractivity contribution >= 4 is 17.7 Å². The second-order valence-electron chi connectivity index (χ2n) is 12.1. The van der Waals surface area contributed by atoms with Crippen LogP contribution in [0.5, 0.6) is 0 Å². The molecule has 0 aromatic carbocycles. The van der Waals surface area contributed by atoms with Gasteiger partial charge in [0, 0.05) is 43.5 Å². The number of hydrogen-bond donors (Lipinski definition) is 6. The zero-order valence-electron chi connectivity index (χ0n) is 25.9. The van der Waals surface area contributed by atoms with E-state index in [0.29, 0.717) is 25.0 Å². The van der Waals surface area contributed by atoms with Crippen molar-refractivity contribution in [3.63, 3.8) is 0 Å². The highest BCUT2D eigenvalue weighted by Crippen LogP contribution is 2.18. The van der Waals surface area contributed by atoms with Gasteiger partial charge in [0.2, 0.25) is 5.95 Å². The lowest BCUT2D eigenvalue weighted by molar-refractivity contribution is -0.138. The van der Waals surface area contributed by atoms with Crippen LogP contribution in [-0.2, 0) is 17.9 Å². The summed E-state index contributed by atoms with van der Waals surface area (Å²) >= 11 is 0. The van der Waals surface area contributed by atoms with Crippen LogP contribution in [0.3, 0.4) is 0 Å². The first-order valence-corrected chi connectivity index (χ1v) is 16.3. The molecular formula is C30H53N11O2. The Kier molecular flexibility index (Phi) is 13.9. The first kappa shape index (κ1) is 33.0. The zero-order valence-corrected chi connectivity index (χ0v) is 25.9. The van der Waals surface area contributed by atoms with Crippen molar-refractivity contribution in [2.24, 2.45) is 5.73 Å². The third-order valence-electron chi connectivity index (χ3n) is 8.42. The van der Waals surface area contributed by atoms with E-state index in [2.05, 4.69) is 46.4 Å². The second-order valence-corrected chi connectivity index (χ2v) is 12.1. The predicted molar refractivity (Wildman–Crippen MR) is 169 cm³/mol. The van der Waals surface area contributed by atoms with Crippen molar-refractivity contribution < 1.29 is 9.90 Å². The molecule has 1 atom stereocenters. The molecule has 1 saturated carbocycles. The Morgan fingerprint density at radius 1 is 1.02 bits per heavy atom. The van der Waals surface area contributed by atoms with E-state index in [1.807, 2.05) is 23.9 Å². The number of hydrogen-bond acceptors (Lipinski definition) is 11. The zero-order chi connectivity index (χ0) is 30.3. The highest BCUT2D eigenvalue weighted by atomic mass is 16.4. The Hall–Kier alpha value is -2.87. The van der Waals surface area contributed by atoms with Gasteiger partial charge in [-0.3, -0.25) is 9.48 Å². The lowest BCUT2D eigenvalue weighted by Crippen LogP contribution is -2.40. The molecule has 0 bridgehead atoms. The number of piperidine rings is 1. The van der Waals surface area contributed by atoms with Gasteiger partial charge < -0.3 is 37.0 Å². The van der Waals surface area contributed by atoms with E-state index in [4.69, 9.17) is 10.8 Å². The van der Waals surface area contributed by atoms with E-state index in [1.165, 1.54) is 38.5 Å². The lowest BCUT2D eigenvalue weighted by atomic mass is 9.95. The highest BCUT2D eigenvalue weighted by Gasteiger charge is 2.20. The Bertz CT molecular complexity index is 1080. The number of aromatic nitrogens is 5. The maximum atomic E-state index is 10.9. The van der Waals surface area contributed by atoms with E-state index in [0.717, 1.165) is 94.7 Å². The minimum atomic E-state index is -0.926. The third kappa shape index (κ3) is 12.3. The van der Waals surface area contributed by atoms with Gasteiger partial charge in [-0.1, -0.05) is 24.5 Å². The van der Waals surface area contributed by atoms with Crippen LogP contribution in [0, 0.1) is 6.92 Å². The average Bonchev–Trinajstić information content (AvgIpc) is 3.46. The van der Waals surface area contributed by atoms with Crippen LogP contribution in [-0.4, -0.2) is 98.3 Å². The van der Waals surface area contributed by atoms with Crippen LogP contribution in [0.25, 0.3) is 0 Å². The minimum absolute atomic E-state index is 0.340. The van der Waals surface area contributed by atoms with Gasteiger partial charge in [0.05, 0.1) is 12.7 Å². The molecule has 2 aromatic rings. The van der Waals surface area contributed by atoms with Crippen LogP contribution < -0.4 is 27.0 Å². The summed E-state index contributed by atoms with van der Waals surface area (Å²) in [6, 6.07) is 2.29. The smallest absolute Gasteiger partial charge is 0.320 e. The SMILES string of the molecule is Cc1cc(NC2CCN(CCC[C@H](N)C(=O)O)CC2)nc(NCc2cn(CCCNCCCNC3CCCCC3)nn2)n1. The Labute approximate surface area is 256 Å². The number of anilines is 2. The molecule has 13 nitrogen and oxygen atoms in total. The number of nitrogens with two attached hydrogens (primary N) is 1. The quantitative estimate of drug-likeness (QED) is 0.130. The number of nitrogens with one attached hydrogen (secondary N) is 4. The number of carbonyl (C=O) groups is 1. The number of aryl methyl sites for hydroxylation is 2. The minimum Gasteiger partial charge on any atom is -0.480 e. The van der Waals surface area contributed by atoms with Crippen LogP contribution >= 0.6 is 0 Å². The molecule has 43 heavy (non-hydrogen) atoms. The Morgan fingerprint density at radius 2 is 1.81 bits per heavy atom. The summed E-state index contributed by atoms with van der Waals surface area (Å²) in [7, 11) is 0. The van der Waals surface area contributed by atoms with E-state index in [-0.39, 0.29) is 0 Å². The van der Waals surface area contributed by atoms with Crippen molar-refractivity contribution in [3.8, 4) is 0 Å². The first-order valence-electron chi connectivity index (χ1n) is 16.3. The molecule has 2 aliphatic rings. The second kappa shape index (κ2) is 18.1. The molecule has 1 aliphatic carbocycles. The van der Waals surface area contributed by atoms with Gasteiger partial charge in [-0.2, -0.15) is 4.98 Å². The fourth-order valence-corrected chi connectivity index (χ4v) is 5.91. The Balaban J connectivity index is 1.08. The van der Waals surface area contributed by atoms with E-state index in [9.17, 15) is 4.79 Å². The maximum Gasteiger partial charge on any atom is 0.320 e. The van der Waals surface area contributed by atoms with Crippen LogP contribution in [0.4, 0.5) is 11.8 Å². The van der Waals surface area contributed by atoms with Gasteiger partial charge in [0.25, 0.3) is 0 Å². The third-order valence-corrected chi connectivity index (χ3v) is 8.42. The van der Waals surface area contributed by atoms with Crippen molar-refractivity contribution in [3.05, 3.63) is 23.7 Å². The van der Waals surface area contributed by atoms with Gasteiger partial charge in [-0.05, 0) is 84.5 Å². The first-order chi connectivity index (χ1) is 20.9. The molecule has 0 spiro atoms. The molecule has 0 amide bonds. The molecule has 0 radical (unpaired) electrons. The van der Waals surface area contributed by atoms with E-state index in [1.54, 1.807) is 0 Å². The molecule has 240 valence electrons. The van der Waals surface area contributed by atoms with Crippen LogP contribution in [0.2, 0.25) is 0 Å². The largest absolute Gasteiger partial charge is 0.480 e. The molecule has 13 heteroatoms. The van der Waals surface area contributed by atoms with Crippen LogP contribution in [0.15, 0.2) is 12.3 Å². The molecule has 1 saturated heterocycles. The molecule has 2 fully saturated rings. The highest BCUT2D eigenvalue weighted by molar-refractivity contribution is 5.72. The topological polar surface area (TPSA) is 171 Å². The van der Waals surface area contributed by atoms with Crippen molar-refractivity contribution in [1.29, 1.82) is 0 Å². The number of nitrogens with zero attached hydrogens (tertiary/aromatic N) is 6. The summed E-state index contributed by atoms with van der Waals surface area (Å²) in [5.74, 6) is 0.471. The average molecular weight is 600 g/mol. The van der Waals surface area contributed by atoms with Crippen LogP contribution in [0.1, 0.15) is 82.0 Å². The lowest BCUT2D eigenvalue weighted by Gasteiger charge is -2.32. The standard InChI is InChI=1S/C30H53N11O2/c1-23-20-28(36-25-11-18-40(19-12-25)16-5-10-27(31)29(42)43)37-30(35-23)34-21-26-22-41(39-38-26)17-7-14-32-13-6-15-33-24-8-3-2-4-9-24/h20,22,24-25,27,32-33H,2-19,21,31H2,1H3,(H,42,43)(H2,34,35,36,37)/t27-/m0/s1. The molecule has 3 heterocycles. The number of likely N-dealkylation sites (tertiary alicyclic amines) is 1. The molecule has 2 aromatic heterocycles. The maximum absolute atomic E-state index is 10.9. The Morgan fingerprint density at radius 3 is 2.60 bits per heavy atom. The van der Waals surface area contributed by atoms with Gasteiger partial charge in [0.15, 0.2) is 0 Å². The van der Waals surface area contributed by atoms with E-state index >= 15 is 0 Å². The number of carboxylic acid groups (broad SMARTS) is 1. The normalized spacial score (nSPS) is 17.6. The van der Waals surface area contributed by atoms with Gasteiger partial charge in [-0.25, -0.2) is 4.98 Å². The number of rotatable bonds is 19. The van der Waals surface area contributed by atoms with Gasteiger partial charge >= 0.3 is 5.97 Å². The van der Waals surface area contributed by atoms with Crippen molar-refractivity contribution in [2.75, 3.05) is 49.9 Å². The number of aliphatic carboxylic acids is 1. The summed E-state index contributed by atoms with van der Waals surface area (Å²) < 4.78 is 1.90. The fourth-order valence-electron chi connectivity index (χ4n) is 5.91. The summed E-state index contributed by atoms with van der Waals surface area (Å²) in [6.45, 7) is 9.28. The number of carboxylic acids is 1. The predicted octanol–water partition coefficient (Wildman–Crippen LogP) is 2.35. The van der Waals surface area contributed by atoms with Gasteiger partial charge in [-0.15, -0.1) is 5.10 Å². The van der Waals surface area contributed by atoms with E-state index < -0.39 is 12.0 Å².